The van der Waals surface area contributed by atoms with E-state index >= 15 is 0 Å². The third-order valence-corrected chi connectivity index (χ3v) is 1.77. The minimum Gasteiger partial charge on any atom is -0.369 e. The molecular formula is C9H8F3NO. The van der Waals surface area contributed by atoms with Gasteiger partial charge in [-0.25, -0.2) is 13.2 Å². The van der Waals surface area contributed by atoms with Crippen molar-refractivity contribution in [2.24, 2.45) is 5.73 Å². The molecule has 2 nitrogen and oxygen atoms in total. The summed E-state index contributed by atoms with van der Waals surface area (Å²) in [6, 6.07) is 1.07. The summed E-state index contributed by atoms with van der Waals surface area (Å²) < 4.78 is 38.6. The van der Waals surface area contributed by atoms with E-state index in [-0.39, 0.29) is 11.1 Å². The molecule has 0 heterocycles. The number of rotatable bonds is 2. The zero-order valence-corrected chi connectivity index (χ0v) is 7.40. The first-order valence-electron chi connectivity index (χ1n) is 3.84. The Morgan fingerprint density at radius 1 is 1.29 bits per heavy atom. The number of carbonyl (C=O) groups excluding carboxylic acids is 1. The average Bonchev–Trinajstić information content (AvgIpc) is 2.10. The molecule has 0 fully saturated rings. The topological polar surface area (TPSA) is 43.1 Å². The van der Waals surface area contributed by atoms with E-state index in [0.29, 0.717) is 0 Å². The first kappa shape index (κ1) is 10.6. The van der Waals surface area contributed by atoms with Crippen LogP contribution < -0.4 is 5.73 Å². The van der Waals surface area contributed by atoms with Gasteiger partial charge in [0.25, 0.3) is 0 Å². The quantitative estimate of drug-likeness (QED) is 0.726. The zero-order chi connectivity index (χ0) is 10.9. The highest BCUT2D eigenvalue weighted by molar-refractivity contribution is 5.76. The lowest BCUT2D eigenvalue weighted by atomic mass is 10.1. The number of benzene rings is 1. The maximum atomic E-state index is 13.0. The lowest BCUT2D eigenvalue weighted by molar-refractivity contribution is -0.117. The van der Waals surface area contributed by atoms with Crippen molar-refractivity contribution in [3.63, 3.8) is 0 Å². The largest absolute Gasteiger partial charge is 0.369 e. The third kappa shape index (κ3) is 1.86. The number of carbonyl (C=O) groups is 1. The van der Waals surface area contributed by atoms with E-state index in [9.17, 15) is 18.0 Å². The van der Waals surface area contributed by atoms with Gasteiger partial charge in [0, 0.05) is 5.56 Å². The van der Waals surface area contributed by atoms with Gasteiger partial charge in [-0.05, 0) is 18.6 Å². The van der Waals surface area contributed by atoms with E-state index in [1.807, 2.05) is 0 Å². The molecule has 0 aliphatic carbocycles. The molecule has 5 heteroatoms. The van der Waals surface area contributed by atoms with Gasteiger partial charge in [-0.1, -0.05) is 0 Å². The van der Waals surface area contributed by atoms with Crippen molar-refractivity contribution in [2.75, 3.05) is 0 Å². The molecule has 0 saturated carbocycles. The monoisotopic (exact) mass is 203 g/mol. The van der Waals surface area contributed by atoms with Crippen LogP contribution in [0.4, 0.5) is 13.2 Å². The van der Waals surface area contributed by atoms with Crippen molar-refractivity contribution in [2.45, 2.75) is 13.3 Å². The van der Waals surface area contributed by atoms with Crippen LogP contribution in [-0.4, -0.2) is 5.91 Å². The molecule has 0 bridgehead atoms. The molecule has 76 valence electrons. The summed E-state index contributed by atoms with van der Waals surface area (Å²) in [5, 5.41) is 0. The highest BCUT2D eigenvalue weighted by Gasteiger charge is 2.17. The number of aryl methyl sites for hydroxylation is 1. The summed E-state index contributed by atoms with van der Waals surface area (Å²) in [5.41, 5.74) is 4.53. The minimum atomic E-state index is -1.57. The van der Waals surface area contributed by atoms with Gasteiger partial charge >= 0.3 is 0 Å². The molecule has 14 heavy (non-hydrogen) atoms. The van der Waals surface area contributed by atoms with E-state index in [4.69, 9.17) is 5.73 Å². The Labute approximate surface area is 78.5 Å². The van der Waals surface area contributed by atoms with Crippen LogP contribution in [0.1, 0.15) is 11.1 Å². The summed E-state index contributed by atoms with van der Waals surface area (Å²) in [6.45, 7) is 1.28. The average molecular weight is 203 g/mol. The molecule has 1 aromatic carbocycles. The second-order valence-electron chi connectivity index (χ2n) is 2.94. The maximum absolute atomic E-state index is 13.0. The van der Waals surface area contributed by atoms with Crippen molar-refractivity contribution in [1.29, 1.82) is 0 Å². The van der Waals surface area contributed by atoms with Crippen LogP contribution in [0.3, 0.4) is 0 Å². The summed E-state index contributed by atoms with van der Waals surface area (Å²) in [7, 11) is 0. The van der Waals surface area contributed by atoms with Crippen LogP contribution in [-0.2, 0) is 11.2 Å². The molecule has 0 aliphatic heterocycles. The van der Waals surface area contributed by atoms with Crippen molar-refractivity contribution in [3.8, 4) is 0 Å². The van der Waals surface area contributed by atoms with E-state index in [0.717, 1.165) is 6.07 Å². The van der Waals surface area contributed by atoms with Gasteiger partial charge in [0.2, 0.25) is 5.91 Å². The van der Waals surface area contributed by atoms with Gasteiger partial charge in [-0.3, -0.25) is 4.79 Å². The molecule has 2 N–H and O–H groups in total. The molecular weight excluding hydrogens is 195 g/mol. The van der Waals surface area contributed by atoms with Crippen LogP contribution in [0.15, 0.2) is 6.07 Å². The molecule has 1 aromatic rings. The van der Waals surface area contributed by atoms with Gasteiger partial charge in [-0.2, -0.15) is 0 Å². The Balaban J connectivity index is 3.25. The highest BCUT2D eigenvalue weighted by atomic mass is 19.2. The second-order valence-corrected chi connectivity index (χ2v) is 2.94. The van der Waals surface area contributed by atoms with Gasteiger partial charge in [0.1, 0.15) is 0 Å². The molecule has 0 radical (unpaired) electrons. The number of nitrogens with two attached hydrogens (primary N) is 1. The second kappa shape index (κ2) is 3.69. The van der Waals surface area contributed by atoms with Gasteiger partial charge in [-0.15, -0.1) is 0 Å². The van der Waals surface area contributed by atoms with Gasteiger partial charge in [0.15, 0.2) is 17.5 Å². The summed E-state index contributed by atoms with van der Waals surface area (Å²) in [6.07, 6.45) is -0.441. The lowest BCUT2D eigenvalue weighted by Crippen LogP contribution is -2.15. The minimum absolute atomic E-state index is 0.0554. The van der Waals surface area contributed by atoms with Crippen LogP contribution in [0, 0.1) is 24.4 Å². The summed E-state index contributed by atoms with van der Waals surface area (Å²) in [4.78, 5) is 10.5. The van der Waals surface area contributed by atoms with E-state index in [1.165, 1.54) is 6.92 Å². The molecule has 0 saturated heterocycles. The predicted octanol–water partition coefficient (Wildman–Crippen LogP) is 1.44. The third-order valence-electron chi connectivity index (χ3n) is 1.77. The van der Waals surface area contributed by atoms with Crippen LogP contribution >= 0.6 is 0 Å². The Morgan fingerprint density at radius 3 is 2.36 bits per heavy atom. The van der Waals surface area contributed by atoms with Crippen molar-refractivity contribution >= 4 is 5.91 Å². The molecule has 0 aliphatic rings. The maximum Gasteiger partial charge on any atom is 0.221 e. The number of hydrogen-bond donors (Lipinski definition) is 1. The van der Waals surface area contributed by atoms with E-state index in [2.05, 4.69) is 0 Å². The fourth-order valence-corrected chi connectivity index (χ4v) is 1.11. The molecule has 0 aromatic heterocycles. The van der Waals surface area contributed by atoms with Crippen molar-refractivity contribution < 1.29 is 18.0 Å². The fourth-order valence-electron chi connectivity index (χ4n) is 1.11. The lowest BCUT2D eigenvalue weighted by Gasteiger charge is -2.05. The Morgan fingerprint density at radius 2 is 1.86 bits per heavy atom. The van der Waals surface area contributed by atoms with E-state index in [1.54, 1.807) is 0 Å². The van der Waals surface area contributed by atoms with Crippen molar-refractivity contribution in [3.05, 3.63) is 34.6 Å². The normalized spacial score (nSPS) is 10.3. The van der Waals surface area contributed by atoms with Crippen LogP contribution in [0.25, 0.3) is 0 Å². The smallest absolute Gasteiger partial charge is 0.221 e. The highest BCUT2D eigenvalue weighted by Crippen LogP contribution is 2.19. The Hall–Kier alpha value is -1.52. The van der Waals surface area contributed by atoms with E-state index < -0.39 is 29.8 Å². The number of primary amides is 1. The standard InChI is InChI=1S/C9H8F3NO/c1-4-2-5(3-6(13)14)8(11)9(12)7(4)10/h2H,3H2,1H3,(H2,13,14). The molecule has 0 unspecified atom stereocenters. The zero-order valence-electron chi connectivity index (χ0n) is 7.40. The summed E-state index contributed by atoms with van der Waals surface area (Å²) >= 11 is 0. The van der Waals surface area contributed by atoms with Crippen molar-refractivity contribution in [1.82, 2.24) is 0 Å². The molecule has 0 spiro atoms. The predicted molar refractivity (Wildman–Crippen MR) is 44.0 cm³/mol. The Kier molecular flexibility index (Phi) is 2.78. The van der Waals surface area contributed by atoms with Crippen LogP contribution in [0.5, 0.6) is 0 Å². The number of amides is 1. The molecule has 0 atom stereocenters. The van der Waals surface area contributed by atoms with Crippen LogP contribution in [0.2, 0.25) is 0 Å². The fraction of sp³-hybridized carbons (Fsp3) is 0.222. The van der Waals surface area contributed by atoms with Gasteiger partial charge in [0.05, 0.1) is 6.42 Å². The Bertz CT molecular complexity index is 390. The van der Waals surface area contributed by atoms with Gasteiger partial charge < -0.3 is 5.73 Å². The number of halogens is 3. The molecule has 1 rings (SSSR count). The SMILES string of the molecule is Cc1cc(CC(N)=O)c(F)c(F)c1F. The first-order chi connectivity index (χ1) is 6.43. The summed E-state index contributed by atoms with van der Waals surface area (Å²) in [5.74, 6) is -4.96. The first-order valence-corrected chi connectivity index (χ1v) is 3.84. The number of hydrogen-bond acceptors (Lipinski definition) is 1. The molecule has 1 amide bonds.